The third kappa shape index (κ3) is 5.38. The maximum absolute atomic E-state index is 14.8. The van der Waals surface area contributed by atoms with E-state index in [1.165, 1.54) is 36.9 Å². The molecular weight excluding hydrogens is 499 g/mol. The number of aromatic nitrogens is 5. The lowest BCUT2D eigenvalue weighted by atomic mass is 10.1. The first-order chi connectivity index (χ1) is 17.9. The number of aryl methyl sites for hydroxylation is 1. The minimum atomic E-state index is -0.682. The fourth-order valence-electron chi connectivity index (χ4n) is 3.60. The molecular formula is C25H21FN6O4S. The average molecular weight is 521 g/mol. The molecule has 0 saturated heterocycles. The lowest BCUT2D eigenvalue weighted by Gasteiger charge is -2.15. The van der Waals surface area contributed by atoms with Crippen LogP contribution in [-0.2, 0) is 4.74 Å². The van der Waals surface area contributed by atoms with Crippen molar-refractivity contribution in [2.75, 3.05) is 19.0 Å². The number of benzene rings is 2. The molecule has 1 N–H and O–H groups in total. The van der Waals surface area contributed by atoms with Crippen molar-refractivity contribution in [3.8, 4) is 22.2 Å². The van der Waals surface area contributed by atoms with Gasteiger partial charge in [-0.25, -0.2) is 24.1 Å². The number of carbonyl (C=O) groups excluding carboxylic acids is 1. The van der Waals surface area contributed by atoms with Gasteiger partial charge < -0.3 is 14.2 Å². The van der Waals surface area contributed by atoms with Crippen LogP contribution in [0.25, 0.3) is 31.8 Å². The summed E-state index contributed by atoms with van der Waals surface area (Å²) in [6.07, 6.45) is 3.06. The summed E-state index contributed by atoms with van der Waals surface area (Å²) in [5.41, 5.74) is 4.08. The predicted octanol–water partition coefficient (Wildman–Crippen LogP) is 5.17. The number of fused-ring (bicyclic) bond motifs is 2. The van der Waals surface area contributed by atoms with Crippen LogP contribution in [-0.4, -0.2) is 51.1 Å². The van der Waals surface area contributed by atoms with Crippen molar-refractivity contribution in [1.29, 1.82) is 0 Å². The van der Waals surface area contributed by atoms with Crippen molar-refractivity contribution in [3.63, 3.8) is 0 Å². The highest BCUT2D eigenvalue weighted by Crippen LogP contribution is 2.37. The number of hydrogen-bond acceptors (Lipinski definition) is 10. The molecule has 1 amide bonds. The molecule has 0 saturated carbocycles. The molecule has 12 heteroatoms. The van der Waals surface area contributed by atoms with E-state index in [9.17, 15) is 9.18 Å². The topological polar surface area (TPSA) is 121 Å². The molecule has 0 spiro atoms. The Bertz CT molecular complexity index is 1600. The predicted molar refractivity (Wildman–Crippen MR) is 136 cm³/mol. The van der Waals surface area contributed by atoms with Crippen LogP contribution in [0.15, 0.2) is 48.9 Å². The van der Waals surface area contributed by atoms with Crippen molar-refractivity contribution in [3.05, 3.63) is 60.3 Å². The van der Waals surface area contributed by atoms with Gasteiger partial charge in [0, 0.05) is 17.7 Å². The van der Waals surface area contributed by atoms with E-state index in [2.05, 4.69) is 30.5 Å². The molecule has 0 aliphatic carbocycles. The molecule has 1 atom stereocenters. The summed E-state index contributed by atoms with van der Waals surface area (Å²) in [5, 5.41) is 10.5. The summed E-state index contributed by atoms with van der Waals surface area (Å²) in [6, 6.07) is 8.39. The van der Waals surface area contributed by atoms with Crippen molar-refractivity contribution in [2.45, 2.75) is 20.0 Å². The molecule has 0 bridgehead atoms. The normalized spacial score (nSPS) is 11.9. The molecule has 0 fully saturated rings. The van der Waals surface area contributed by atoms with E-state index in [1.807, 2.05) is 19.1 Å². The Morgan fingerprint density at radius 2 is 2.00 bits per heavy atom. The van der Waals surface area contributed by atoms with E-state index in [0.717, 1.165) is 15.8 Å². The zero-order valence-corrected chi connectivity index (χ0v) is 20.9. The molecule has 0 aliphatic heterocycles. The Morgan fingerprint density at radius 1 is 1.14 bits per heavy atom. The van der Waals surface area contributed by atoms with E-state index >= 15 is 0 Å². The molecule has 0 aliphatic rings. The second kappa shape index (κ2) is 10.3. The van der Waals surface area contributed by atoms with Gasteiger partial charge in [-0.05, 0) is 37.6 Å². The largest absolute Gasteiger partial charge is 0.487 e. The monoisotopic (exact) mass is 520 g/mol. The van der Waals surface area contributed by atoms with Crippen LogP contribution in [0.1, 0.15) is 12.5 Å². The molecule has 2 aromatic carbocycles. The van der Waals surface area contributed by atoms with Gasteiger partial charge in [-0.15, -0.1) is 11.3 Å². The zero-order chi connectivity index (χ0) is 25.9. The fourth-order valence-corrected chi connectivity index (χ4v) is 4.59. The highest BCUT2D eigenvalue weighted by molar-refractivity contribution is 7.21. The standard InChI is InChI=1S/C25H21FN6O4S/c1-13-6-16(23-19(7-13)31-22(34-3)11-27-23)24-32-18-8-17(26)20(9-21(18)37-24)35-12-14(2)36-25(33)30-15-4-5-28-29-10-15/h4-11,14H,12H2,1-3H3,(H,28,30,33). The molecule has 37 heavy (non-hydrogen) atoms. The third-order valence-corrected chi connectivity index (χ3v) is 6.31. The number of ether oxygens (including phenoxy) is 3. The van der Waals surface area contributed by atoms with Crippen LogP contribution < -0.4 is 14.8 Å². The van der Waals surface area contributed by atoms with Crippen LogP contribution in [0, 0.1) is 12.7 Å². The number of amides is 1. The van der Waals surface area contributed by atoms with Crippen LogP contribution >= 0.6 is 11.3 Å². The number of hydrogen-bond donors (Lipinski definition) is 1. The summed E-state index contributed by atoms with van der Waals surface area (Å²) in [4.78, 5) is 25.6. The smallest absolute Gasteiger partial charge is 0.412 e. The zero-order valence-electron chi connectivity index (χ0n) is 20.1. The van der Waals surface area contributed by atoms with Gasteiger partial charge in [0.15, 0.2) is 11.6 Å². The summed E-state index contributed by atoms with van der Waals surface area (Å²) >= 11 is 1.39. The van der Waals surface area contributed by atoms with E-state index in [4.69, 9.17) is 14.2 Å². The highest BCUT2D eigenvalue weighted by atomic mass is 32.1. The van der Waals surface area contributed by atoms with E-state index in [1.54, 1.807) is 25.3 Å². The van der Waals surface area contributed by atoms with Crippen LogP contribution in [0.2, 0.25) is 0 Å². The molecule has 1 unspecified atom stereocenters. The Labute approximate surface area is 214 Å². The molecule has 10 nitrogen and oxygen atoms in total. The van der Waals surface area contributed by atoms with Gasteiger partial charge in [0.05, 0.1) is 52.6 Å². The summed E-state index contributed by atoms with van der Waals surface area (Å²) in [5.74, 6) is -0.111. The maximum Gasteiger partial charge on any atom is 0.412 e. The van der Waals surface area contributed by atoms with Gasteiger partial charge in [0.2, 0.25) is 5.88 Å². The lowest BCUT2D eigenvalue weighted by molar-refractivity contribution is 0.0844. The maximum atomic E-state index is 14.8. The van der Waals surface area contributed by atoms with Crippen LogP contribution in [0.3, 0.4) is 0 Å². The number of thiazole rings is 1. The number of nitrogens with one attached hydrogen (secondary N) is 1. The molecule has 3 aromatic heterocycles. The number of halogens is 1. The van der Waals surface area contributed by atoms with Gasteiger partial charge in [-0.1, -0.05) is 0 Å². The first kappa shape index (κ1) is 24.3. The van der Waals surface area contributed by atoms with Gasteiger partial charge in [-0.2, -0.15) is 10.2 Å². The van der Waals surface area contributed by atoms with E-state index in [-0.39, 0.29) is 12.4 Å². The summed E-state index contributed by atoms with van der Waals surface area (Å²) in [6.45, 7) is 3.56. The van der Waals surface area contributed by atoms with Gasteiger partial charge in [0.25, 0.3) is 0 Å². The van der Waals surface area contributed by atoms with Gasteiger partial charge in [-0.3, -0.25) is 5.32 Å². The molecule has 188 valence electrons. The molecule has 0 radical (unpaired) electrons. The summed E-state index contributed by atoms with van der Waals surface area (Å²) in [7, 11) is 1.54. The number of methoxy groups -OCH3 is 1. The van der Waals surface area contributed by atoms with E-state index in [0.29, 0.717) is 33.1 Å². The average Bonchev–Trinajstić information content (AvgIpc) is 3.29. The van der Waals surface area contributed by atoms with Crippen molar-refractivity contribution >= 4 is 44.4 Å². The quantitative estimate of drug-likeness (QED) is 0.310. The first-order valence-electron chi connectivity index (χ1n) is 11.2. The minimum Gasteiger partial charge on any atom is -0.487 e. The van der Waals surface area contributed by atoms with Crippen molar-refractivity contribution in [1.82, 2.24) is 25.1 Å². The Morgan fingerprint density at radius 3 is 2.78 bits per heavy atom. The van der Waals surface area contributed by atoms with E-state index < -0.39 is 18.0 Å². The molecule has 3 heterocycles. The SMILES string of the molecule is COc1cnc2c(-c3nc4cc(F)c(OCC(C)OC(=O)Nc5ccnnc5)cc4s3)cc(C)cc2n1. The number of nitrogens with zero attached hydrogens (tertiary/aromatic N) is 5. The Kier molecular flexibility index (Phi) is 6.73. The highest BCUT2D eigenvalue weighted by Gasteiger charge is 2.17. The van der Waals surface area contributed by atoms with Gasteiger partial charge in [0.1, 0.15) is 17.7 Å². The van der Waals surface area contributed by atoms with Crippen molar-refractivity contribution in [2.24, 2.45) is 0 Å². The number of carbonyl (C=O) groups is 1. The fraction of sp³-hybridized carbons (Fsp3) is 0.200. The number of anilines is 1. The van der Waals surface area contributed by atoms with Gasteiger partial charge >= 0.3 is 6.09 Å². The third-order valence-electron chi connectivity index (χ3n) is 5.26. The van der Waals surface area contributed by atoms with Crippen LogP contribution in [0.5, 0.6) is 11.6 Å². The summed E-state index contributed by atoms with van der Waals surface area (Å²) < 4.78 is 31.6. The Hall–Kier alpha value is -4.45. The lowest BCUT2D eigenvalue weighted by Crippen LogP contribution is -2.25. The second-order valence-electron chi connectivity index (χ2n) is 8.15. The first-order valence-corrected chi connectivity index (χ1v) is 12.0. The van der Waals surface area contributed by atoms with Crippen LogP contribution in [0.4, 0.5) is 14.9 Å². The minimum absolute atomic E-state index is 0.0375. The van der Waals surface area contributed by atoms with Crippen molar-refractivity contribution < 1.29 is 23.4 Å². The number of rotatable bonds is 7. The Balaban J connectivity index is 1.33. The molecule has 5 aromatic rings. The molecule has 5 rings (SSSR count). The second-order valence-corrected chi connectivity index (χ2v) is 9.18.